The van der Waals surface area contributed by atoms with Gasteiger partial charge in [-0.05, 0) is 12.5 Å². The summed E-state index contributed by atoms with van der Waals surface area (Å²) in [6.45, 7) is 1.84. The van der Waals surface area contributed by atoms with Crippen molar-refractivity contribution in [1.82, 2.24) is 0 Å². The quantitative estimate of drug-likeness (QED) is 0.682. The average Bonchev–Trinajstić information content (AvgIpc) is 2.47. The Balaban J connectivity index is 2.74. The molecule has 0 radical (unpaired) electrons. The standard InChI is InChI=1S/C10H8O4/c1-5-2-3-6-4-14-10(13)8(6)7(5)9(11)12/h2-3H,4H2,1H3,(H,11,12). The fourth-order valence-electron chi connectivity index (χ4n) is 1.59. The minimum absolute atomic E-state index is 0.0602. The number of carboxylic acid groups (broad SMARTS) is 1. The number of ether oxygens (including phenoxy) is 1. The highest BCUT2D eigenvalue weighted by Crippen LogP contribution is 2.25. The van der Waals surface area contributed by atoms with Crippen molar-refractivity contribution < 1.29 is 19.4 Å². The molecule has 1 aliphatic heterocycles. The van der Waals surface area contributed by atoms with Gasteiger partial charge in [0.05, 0.1) is 11.1 Å². The van der Waals surface area contributed by atoms with E-state index in [1.807, 2.05) is 0 Å². The Kier molecular flexibility index (Phi) is 1.77. The zero-order valence-electron chi connectivity index (χ0n) is 7.53. The van der Waals surface area contributed by atoms with Crippen molar-refractivity contribution in [2.45, 2.75) is 13.5 Å². The molecule has 0 saturated heterocycles. The highest BCUT2D eigenvalue weighted by Gasteiger charge is 2.28. The number of aryl methyl sites for hydroxylation is 1. The van der Waals surface area contributed by atoms with E-state index in [9.17, 15) is 9.59 Å². The van der Waals surface area contributed by atoms with Gasteiger partial charge < -0.3 is 9.84 Å². The van der Waals surface area contributed by atoms with Crippen molar-refractivity contribution in [3.63, 3.8) is 0 Å². The maximum Gasteiger partial charge on any atom is 0.339 e. The van der Waals surface area contributed by atoms with Crippen LogP contribution in [0.1, 0.15) is 31.8 Å². The first-order valence-corrected chi connectivity index (χ1v) is 4.14. The minimum Gasteiger partial charge on any atom is -0.478 e. The number of benzene rings is 1. The molecule has 0 aromatic heterocycles. The molecule has 0 aliphatic carbocycles. The van der Waals surface area contributed by atoms with Crippen LogP contribution in [0.3, 0.4) is 0 Å². The zero-order valence-corrected chi connectivity index (χ0v) is 7.53. The van der Waals surface area contributed by atoms with Gasteiger partial charge in [0.2, 0.25) is 0 Å². The summed E-state index contributed by atoms with van der Waals surface area (Å²) in [6.07, 6.45) is 0. The molecule has 1 aromatic carbocycles. The molecule has 1 N–H and O–H groups in total. The van der Waals surface area contributed by atoms with Crippen LogP contribution in [0.25, 0.3) is 0 Å². The van der Waals surface area contributed by atoms with Gasteiger partial charge in [-0.25, -0.2) is 9.59 Å². The van der Waals surface area contributed by atoms with Gasteiger partial charge in [0.25, 0.3) is 0 Å². The first-order chi connectivity index (χ1) is 6.61. The van der Waals surface area contributed by atoms with Crippen LogP contribution < -0.4 is 0 Å². The summed E-state index contributed by atoms with van der Waals surface area (Å²) in [4.78, 5) is 22.2. The summed E-state index contributed by atoms with van der Waals surface area (Å²) >= 11 is 0. The molecule has 0 atom stereocenters. The first-order valence-electron chi connectivity index (χ1n) is 4.14. The molecule has 0 amide bonds. The van der Waals surface area contributed by atoms with Crippen LogP contribution in [0.15, 0.2) is 12.1 Å². The van der Waals surface area contributed by atoms with E-state index < -0.39 is 11.9 Å². The SMILES string of the molecule is Cc1ccc2c(c1C(=O)O)C(=O)OC2. The zero-order chi connectivity index (χ0) is 10.3. The maximum absolute atomic E-state index is 11.3. The van der Waals surface area contributed by atoms with Crippen molar-refractivity contribution in [3.8, 4) is 0 Å². The molecule has 0 unspecified atom stereocenters. The van der Waals surface area contributed by atoms with Gasteiger partial charge in [-0.15, -0.1) is 0 Å². The Morgan fingerprint density at radius 2 is 2.21 bits per heavy atom. The van der Waals surface area contributed by atoms with Crippen LogP contribution in [-0.2, 0) is 11.3 Å². The monoisotopic (exact) mass is 192 g/mol. The second kappa shape index (κ2) is 2.83. The summed E-state index contributed by atoms with van der Waals surface area (Å²) in [5, 5.41) is 8.94. The topological polar surface area (TPSA) is 63.6 Å². The molecule has 0 fully saturated rings. The average molecular weight is 192 g/mol. The molecule has 4 heteroatoms. The van der Waals surface area contributed by atoms with Crippen LogP contribution in [-0.4, -0.2) is 17.0 Å². The molecule has 14 heavy (non-hydrogen) atoms. The molecule has 1 heterocycles. The van der Waals surface area contributed by atoms with Gasteiger partial charge >= 0.3 is 11.9 Å². The number of hydrogen-bond donors (Lipinski definition) is 1. The molecule has 1 aliphatic rings. The number of carboxylic acids is 1. The third-order valence-electron chi connectivity index (χ3n) is 2.28. The Labute approximate surface area is 80.1 Å². The van der Waals surface area contributed by atoms with E-state index in [1.54, 1.807) is 19.1 Å². The van der Waals surface area contributed by atoms with Crippen LogP contribution in [0, 0.1) is 6.92 Å². The number of fused-ring (bicyclic) bond motifs is 1. The van der Waals surface area contributed by atoms with E-state index in [4.69, 9.17) is 9.84 Å². The van der Waals surface area contributed by atoms with Gasteiger partial charge in [0, 0.05) is 5.56 Å². The number of carbonyl (C=O) groups excluding carboxylic acids is 1. The Morgan fingerprint density at radius 3 is 2.86 bits per heavy atom. The van der Waals surface area contributed by atoms with Gasteiger partial charge in [-0.3, -0.25) is 0 Å². The Bertz CT molecular complexity index is 434. The van der Waals surface area contributed by atoms with Crippen molar-refractivity contribution in [2.24, 2.45) is 0 Å². The lowest BCUT2D eigenvalue weighted by Gasteiger charge is -2.03. The van der Waals surface area contributed by atoms with Crippen molar-refractivity contribution in [2.75, 3.05) is 0 Å². The molecule has 72 valence electrons. The van der Waals surface area contributed by atoms with Crippen LogP contribution >= 0.6 is 0 Å². The van der Waals surface area contributed by atoms with E-state index in [0.717, 1.165) is 0 Å². The Morgan fingerprint density at radius 1 is 1.50 bits per heavy atom. The lowest BCUT2D eigenvalue weighted by molar-refractivity contribution is 0.0526. The summed E-state index contributed by atoms with van der Waals surface area (Å²) in [7, 11) is 0. The fourth-order valence-corrected chi connectivity index (χ4v) is 1.59. The summed E-state index contributed by atoms with van der Waals surface area (Å²) in [6, 6.07) is 3.41. The predicted molar refractivity (Wildman–Crippen MR) is 47.3 cm³/mol. The molecular formula is C10H8O4. The van der Waals surface area contributed by atoms with Gasteiger partial charge in [0.1, 0.15) is 6.61 Å². The van der Waals surface area contributed by atoms with Gasteiger partial charge in [-0.2, -0.15) is 0 Å². The van der Waals surface area contributed by atoms with Crippen LogP contribution in [0.4, 0.5) is 0 Å². The second-order valence-electron chi connectivity index (χ2n) is 3.17. The second-order valence-corrected chi connectivity index (χ2v) is 3.17. The highest BCUT2D eigenvalue weighted by molar-refractivity contribution is 6.05. The van der Waals surface area contributed by atoms with Crippen LogP contribution in [0.2, 0.25) is 0 Å². The van der Waals surface area contributed by atoms with E-state index in [-0.39, 0.29) is 17.7 Å². The summed E-state index contributed by atoms with van der Waals surface area (Å²) in [5.74, 6) is -1.63. The Hall–Kier alpha value is -1.84. The lowest BCUT2D eigenvalue weighted by Crippen LogP contribution is -2.08. The molecule has 0 bridgehead atoms. The normalized spacial score (nSPS) is 13.6. The fraction of sp³-hybridized carbons (Fsp3) is 0.200. The van der Waals surface area contributed by atoms with Crippen LogP contribution in [0.5, 0.6) is 0 Å². The molecule has 2 rings (SSSR count). The third-order valence-corrected chi connectivity index (χ3v) is 2.28. The first kappa shape index (κ1) is 8.74. The van der Waals surface area contributed by atoms with Crippen molar-refractivity contribution >= 4 is 11.9 Å². The van der Waals surface area contributed by atoms with Gasteiger partial charge in [-0.1, -0.05) is 12.1 Å². The number of esters is 1. The molecule has 4 nitrogen and oxygen atoms in total. The van der Waals surface area contributed by atoms with E-state index in [2.05, 4.69) is 0 Å². The minimum atomic E-state index is -1.08. The number of aromatic carboxylic acids is 1. The number of hydrogen-bond acceptors (Lipinski definition) is 3. The third kappa shape index (κ3) is 1.08. The van der Waals surface area contributed by atoms with Gasteiger partial charge in [0.15, 0.2) is 0 Å². The van der Waals surface area contributed by atoms with E-state index in [0.29, 0.717) is 11.1 Å². The van der Waals surface area contributed by atoms with Crippen molar-refractivity contribution in [1.29, 1.82) is 0 Å². The van der Waals surface area contributed by atoms with Crippen molar-refractivity contribution in [3.05, 3.63) is 34.4 Å². The number of carbonyl (C=O) groups is 2. The largest absolute Gasteiger partial charge is 0.478 e. The molecule has 1 aromatic rings. The predicted octanol–water partition coefficient (Wildman–Crippen LogP) is 1.36. The number of cyclic esters (lactones) is 1. The smallest absolute Gasteiger partial charge is 0.339 e. The lowest BCUT2D eigenvalue weighted by atomic mass is 9.98. The summed E-state index contributed by atoms with van der Waals surface area (Å²) < 4.78 is 4.77. The summed E-state index contributed by atoms with van der Waals surface area (Å²) in [5.41, 5.74) is 1.50. The highest BCUT2D eigenvalue weighted by atomic mass is 16.5. The molecular weight excluding hydrogens is 184 g/mol. The maximum atomic E-state index is 11.3. The number of rotatable bonds is 1. The van der Waals surface area contributed by atoms with E-state index in [1.165, 1.54) is 0 Å². The van der Waals surface area contributed by atoms with E-state index >= 15 is 0 Å². The molecule has 0 spiro atoms. The molecule has 0 saturated carbocycles.